The van der Waals surface area contributed by atoms with E-state index < -0.39 is 0 Å². The minimum absolute atomic E-state index is 0.357. The molecule has 3 atom stereocenters. The molecule has 0 saturated carbocycles. The second-order valence-corrected chi connectivity index (χ2v) is 5.97. The summed E-state index contributed by atoms with van der Waals surface area (Å²) in [5.74, 6) is 0.563. The van der Waals surface area contributed by atoms with Gasteiger partial charge in [0.25, 0.3) is 0 Å². The molecule has 0 amide bonds. The maximum atomic E-state index is 6.11. The van der Waals surface area contributed by atoms with Gasteiger partial charge in [-0.25, -0.2) is 0 Å². The minimum Gasteiger partial charge on any atom is -0.368 e. The van der Waals surface area contributed by atoms with Crippen molar-refractivity contribution in [1.82, 2.24) is 0 Å². The summed E-state index contributed by atoms with van der Waals surface area (Å²) in [5.41, 5.74) is 7.43. The molecular formula is C13H19IN2. The van der Waals surface area contributed by atoms with E-state index >= 15 is 0 Å². The third kappa shape index (κ3) is 2.35. The Labute approximate surface area is 111 Å². The van der Waals surface area contributed by atoms with Crippen molar-refractivity contribution < 1.29 is 0 Å². The maximum absolute atomic E-state index is 6.11. The minimum atomic E-state index is 0.357. The van der Waals surface area contributed by atoms with Gasteiger partial charge in [0.1, 0.15) is 0 Å². The van der Waals surface area contributed by atoms with Gasteiger partial charge in [0.2, 0.25) is 0 Å². The van der Waals surface area contributed by atoms with Gasteiger partial charge in [0.05, 0.1) is 0 Å². The molecule has 0 radical (unpaired) electrons. The first-order valence-electron chi connectivity index (χ1n) is 5.87. The fourth-order valence-corrected chi connectivity index (χ4v) is 2.75. The zero-order valence-electron chi connectivity index (χ0n) is 9.86. The third-order valence-corrected chi connectivity index (χ3v) is 4.51. The van der Waals surface area contributed by atoms with Crippen LogP contribution in [0.1, 0.15) is 20.3 Å². The van der Waals surface area contributed by atoms with E-state index in [2.05, 4.69) is 65.6 Å². The molecule has 2 nitrogen and oxygen atoms in total. The number of nitrogens with two attached hydrogens (primary N) is 1. The van der Waals surface area contributed by atoms with Crippen molar-refractivity contribution in [3.63, 3.8) is 0 Å². The van der Waals surface area contributed by atoms with E-state index in [1.54, 1.807) is 0 Å². The number of piperidine rings is 1. The Hall–Kier alpha value is -0.290. The number of benzene rings is 1. The van der Waals surface area contributed by atoms with Crippen molar-refractivity contribution in [3.05, 3.63) is 27.8 Å². The molecule has 1 aromatic carbocycles. The lowest BCUT2D eigenvalue weighted by Gasteiger charge is -2.42. The fraction of sp³-hybridized carbons (Fsp3) is 0.538. The number of hydrogen-bond donors (Lipinski definition) is 1. The Morgan fingerprint density at radius 1 is 1.25 bits per heavy atom. The van der Waals surface area contributed by atoms with E-state index in [9.17, 15) is 0 Å². The van der Waals surface area contributed by atoms with Crippen molar-refractivity contribution in [1.29, 1.82) is 0 Å². The smallest absolute Gasteiger partial charge is 0.0369 e. The summed E-state index contributed by atoms with van der Waals surface area (Å²) in [5, 5.41) is 0. The van der Waals surface area contributed by atoms with Crippen LogP contribution in [0, 0.1) is 9.49 Å². The van der Waals surface area contributed by atoms with Crippen molar-refractivity contribution in [2.75, 3.05) is 11.4 Å². The van der Waals surface area contributed by atoms with E-state index in [0.29, 0.717) is 18.0 Å². The van der Waals surface area contributed by atoms with Crippen LogP contribution in [0.25, 0.3) is 0 Å². The van der Waals surface area contributed by atoms with Crippen LogP contribution in [0.2, 0.25) is 0 Å². The largest absolute Gasteiger partial charge is 0.368 e. The Balaban J connectivity index is 2.18. The first kappa shape index (κ1) is 12.2. The Bertz CT molecular complexity index is 349. The van der Waals surface area contributed by atoms with E-state index in [4.69, 9.17) is 5.73 Å². The van der Waals surface area contributed by atoms with Crippen LogP contribution in [-0.2, 0) is 0 Å². The first-order valence-corrected chi connectivity index (χ1v) is 6.95. The van der Waals surface area contributed by atoms with E-state index in [1.165, 1.54) is 9.26 Å². The van der Waals surface area contributed by atoms with Gasteiger partial charge in [-0.3, -0.25) is 0 Å². The summed E-state index contributed by atoms with van der Waals surface area (Å²) in [4.78, 5) is 2.48. The number of halogens is 1. The molecule has 1 aliphatic heterocycles. The van der Waals surface area contributed by atoms with Crippen LogP contribution in [0.4, 0.5) is 5.69 Å². The van der Waals surface area contributed by atoms with Gasteiger partial charge in [0.15, 0.2) is 0 Å². The van der Waals surface area contributed by atoms with Crippen LogP contribution < -0.4 is 10.6 Å². The highest BCUT2D eigenvalue weighted by Gasteiger charge is 2.30. The van der Waals surface area contributed by atoms with E-state index in [-0.39, 0.29) is 0 Å². The molecule has 2 rings (SSSR count). The maximum Gasteiger partial charge on any atom is 0.0369 e. The zero-order chi connectivity index (χ0) is 11.7. The van der Waals surface area contributed by atoms with Gasteiger partial charge in [-0.05, 0) is 66.1 Å². The molecule has 0 aromatic heterocycles. The molecule has 1 heterocycles. The van der Waals surface area contributed by atoms with Crippen LogP contribution in [0.15, 0.2) is 24.3 Å². The molecule has 1 aromatic rings. The third-order valence-electron chi connectivity index (χ3n) is 3.79. The molecule has 3 heteroatoms. The van der Waals surface area contributed by atoms with Crippen LogP contribution in [0.5, 0.6) is 0 Å². The molecule has 2 N–H and O–H groups in total. The Morgan fingerprint density at radius 2 is 1.88 bits per heavy atom. The van der Waals surface area contributed by atoms with Crippen molar-refractivity contribution in [2.45, 2.75) is 32.4 Å². The first-order chi connectivity index (χ1) is 7.59. The molecule has 1 aliphatic rings. The molecule has 1 saturated heterocycles. The summed E-state index contributed by atoms with van der Waals surface area (Å²) < 4.78 is 1.29. The summed E-state index contributed by atoms with van der Waals surface area (Å²) in [7, 11) is 0. The predicted molar refractivity (Wildman–Crippen MR) is 77.7 cm³/mol. The van der Waals surface area contributed by atoms with Gasteiger partial charge in [-0.2, -0.15) is 0 Å². The normalized spacial score (nSPS) is 30.5. The topological polar surface area (TPSA) is 29.3 Å². The standard InChI is InChI=1S/C13H19IN2/c1-9-10(2)16(8-7-13(9)15)12-5-3-11(14)4-6-12/h3-6,9-10,13H,7-8,15H2,1-2H3. The highest BCUT2D eigenvalue weighted by Crippen LogP contribution is 2.28. The van der Waals surface area contributed by atoms with Gasteiger partial charge in [-0.15, -0.1) is 0 Å². The highest BCUT2D eigenvalue weighted by atomic mass is 127. The zero-order valence-corrected chi connectivity index (χ0v) is 12.0. The van der Waals surface area contributed by atoms with Gasteiger partial charge < -0.3 is 10.6 Å². The Morgan fingerprint density at radius 3 is 2.50 bits per heavy atom. The number of hydrogen-bond acceptors (Lipinski definition) is 2. The summed E-state index contributed by atoms with van der Waals surface area (Å²) in [6.07, 6.45) is 1.09. The molecule has 88 valence electrons. The Kier molecular flexibility index (Phi) is 3.74. The molecular weight excluding hydrogens is 311 g/mol. The van der Waals surface area contributed by atoms with Crippen LogP contribution in [-0.4, -0.2) is 18.6 Å². The lowest BCUT2D eigenvalue weighted by atomic mass is 9.87. The van der Waals surface area contributed by atoms with Crippen LogP contribution in [0.3, 0.4) is 0 Å². The summed E-state index contributed by atoms with van der Waals surface area (Å²) in [6.45, 7) is 5.61. The lowest BCUT2D eigenvalue weighted by Crippen LogP contribution is -2.51. The van der Waals surface area contributed by atoms with Gasteiger partial charge in [0, 0.05) is 27.9 Å². The predicted octanol–water partition coefficient (Wildman–Crippen LogP) is 2.85. The summed E-state index contributed by atoms with van der Waals surface area (Å²) in [6, 6.07) is 9.65. The molecule has 1 fully saturated rings. The molecule has 0 bridgehead atoms. The van der Waals surface area contributed by atoms with Gasteiger partial charge in [-0.1, -0.05) is 6.92 Å². The van der Waals surface area contributed by atoms with Crippen molar-refractivity contribution in [2.24, 2.45) is 11.7 Å². The second kappa shape index (κ2) is 4.92. The van der Waals surface area contributed by atoms with Gasteiger partial charge >= 0.3 is 0 Å². The fourth-order valence-electron chi connectivity index (χ4n) is 2.39. The highest BCUT2D eigenvalue weighted by molar-refractivity contribution is 14.1. The van der Waals surface area contributed by atoms with E-state index in [0.717, 1.165) is 13.0 Å². The SMILES string of the molecule is CC1C(N)CCN(c2ccc(I)cc2)C1C. The molecule has 3 unspecified atom stereocenters. The average molecular weight is 330 g/mol. The van der Waals surface area contributed by atoms with Crippen LogP contribution >= 0.6 is 22.6 Å². The second-order valence-electron chi connectivity index (χ2n) is 4.72. The number of nitrogens with zero attached hydrogens (tertiary/aromatic N) is 1. The van der Waals surface area contributed by atoms with Crippen molar-refractivity contribution in [3.8, 4) is 0 Å². The lowest BCUT2D eigenvalue weighted by molar-refractivity contribution is 0.315. The molecule has 16 heavy (non-hydrogen) atoms. The molecule has 0 aliphatic carbocycles. The number of anilines is 1. The number of rotatable bonds is 1. The summed E-state index contributed by atoms with van der Waals surface area (Å²) >= 11 is 2.34. The monoisotopic (exact) mass is 330 g/mol. The quantitative estimate of drug-likeness (QED) is 0.803. The average Bonchev–Trinajstić information content (AvgIpc) is 2.28. The van der Waals surface area contributed by atoms with E-state index in [1.807, 2.05) is 0 Å². The van der Waals surface area contributed by atoms with Crippen molar-refractivity contribution >= 4 is 28.3 Å². The molecule has 0 spiro atoms.